The Kier molecular flexibility index (Phi) is 5.59. The average Bonchev–Trinajstić information content (AvgIpc) is 3.42. The van der Waals surface area contributed by atoms with Crippen LogP contribution in [0.4, 0.5) is 5.82 Å². The second-order valence-electron chi connectivity index (χ2n) is 8.40. The van der Waals surface area contributed by atoms with E-state index in [-0.39, 0.29) is 29.1 Å². The molecule has 1 saturated heterocycles. The number of ketones is 1. The second-order valence-corrected chi connectivity index (χ2v) is 9.28. The van der Waals surface area contributed by atoms with Gasteiger partial charge in [0, 0.05) is 44.0 Å². The molecule has 0 bridgehead atoms. The van der Waals surface area contributed by atoms with E-state index < -0.39 is 11.4 Å². The van der Waals surface area contributed by atoms with E-state index in [0.717, 1.165) is 0 Å². The van der Waals surface area contributed by atoms with E-state index in [1.165, 1.54) is 22.1 Å². The van der Waals surface area contributed by atoms with Gasteiger partial charge in [0.05, 0.1) is 30.5 Å². The minimum absolute atomic E-state index is 0.0882. The Bertz CT molecular complexity index is 1520. The van der Waals surface area contributed by atoms with Crippen molar-refractivity contribution in [1.29, 1.82) is 0 Å². The molecule has 0 radical (unpaired) electrons. The molecule has 0 aromatic carbocycles. The molecule has 0 spiro atoms. The number of aromatic carboxylic acids is 1. The van der Waals surface area contributed by atoms with Gasteiger partial charge in [0.25, 0.3) is 0 Å². The van der Waals surface area contributed by atoms with Crippen LogP contribution in [0.5, 0.6) is 5.88 Å². The topological polar surface area (TPSA) is 132 Å². The van der Waals surface area contributed by atoms with E-state index in [1.807, 2.05) is 4.90 Å². The number of aromatic nitrogens is 5. The number of ether oxygens (including phenoxy) is 1. The summed E-state index contributed by atoms with van der Waals surface area (Å²) in [6, 6.07) is 3.51. The highest BCUT2D eigenvalue weighted by Crippen LogP contribution is 2.29. The van der Waals surface area contributed by atoms with Crippen LogP contribution in [-0.2, 0) is 18.3 Å². The Morgan fingerprint density at radius 1 is 1.29 bits per heavy atom. The van der Waals surface area contributed by atoms with Crippen LogP contribution in [0.3, 0.4) is 0 Å². The van der Waals surface area contributed by atoms with Crippen molar-refractivity contribution in [2.75, 3.05) is 25.1 Å². The van der Waals surface area contributed by atoms with Gasteiger partial charge in [-0.15, -0.1) is 11.3 Å². The fraction of sp³-hybridized carbons (Fsp3) is 0.304. The Morgan fingerprint density at radius 3 is 2.69 bits per heavy atom. The summed E-state index contributed by atoms with van der Waals surface area (Å²) in [4.78, 5) is 48.3. The molecule has 0 atom stereocenters. The van der Waals surface area contributed by atoms with Gasteiger partial charge in [0.2, 0.25) is 11.3 Å². The Balaban J connectivity index is 1.43. The van der Waals surface area contributed by atoms with Gasteiger partial charge in [-0.3, -0.25) is 14.2 Å². The number of anilines is 1. The molecule has 12 heteroatoms. The van der Waals surface area contributed by atoms with Crippen molar-refractivity contribution in [3.8, 4) is 11.0 Å². The number of fused-ring (bicyclic) bond motifs is 1. The lowest BCUT2D eigenvalue weighted by Gasteiger charge is -2.39. The third-order valence-electron chi connectivity index (χ3n) is 6.11. The second kappa shape index (κ2) is 8.62. The molecule has 1 fully saturated rings. The zero-order chi connectivity index (χ0) is 24.9. The maximum absolute atomic E-state index is 12.9. The number of Topliss-reactive ketones (excluding diaryl/α,β-unsaturated/α-hetero) is 1. The summed E-state index contributed by atoms with van der Waals surface area (Å²) in [5.41, 5.74) is 0.679. The number of carboxylic acids is 1. The molecule has 180 valence electrons. The van der Waals surface area contributed by atoms with Crippen molar-refractivity contribution >= 4 is 39.9 Å². The third-order valence-corrected chi connectivity index (χ3v) is 6.88. The molecular weight excluding hydrogens is 472 g/mol. The normalized spacial score (nSPS) is 13.7. The number of pyridine rings is 2. The predicted molar refractivity (Wildman–Crippen MR) is 129 cm³/mol. The van der Waals surface area contributed by atoms with Gasteiger partial charge in [-0.1, -0.05) is 0 Å². The fourth-order valence-electron chi connectivity index (χ4n) is 4.25. The molecule has 0 amide bonds. The number of hydrogen-bond acceptors (Lipinski definition) is 9. The van der Waals surface area contributed by atoms with E-state index >= 15 is 0 Å². The molecule has 0 unspecified atom stereocenters. The van der Waals surface area contributed by atoms with Gasteiger partial charge in [-0.2, -0.15) is 5.10 Å². The summed E-state index contributed by atoms with van der Waals surface area (Å²) >= 11 is 1.31. The maximum atomic E-state index is 12.9. The summed E-state index contributed by atoms with van der Waals surface area (Å²) in [6.45, 7) is 2.74. The zero-order valence-corrected chi connectivity index (χ0v) is 20.1. The first-order valence-electron chi connectivity index (χ1n) is 10.8. The monoisotopic (exact) mass is 494 g/mol. The average molecular weight is 495 g/mol. The Hall–Kier alpha value is -4.06. The van der Waals surface area contributed by atoms with Gasteiger partial charge in [0.15, 0.2) is 10.8 Å². The zero-order valence-electron chi connectivity index (χ0n) is 19.3. The van der Waals surface area contributed by atoms with Crippen LogP contribution >= 0.6 is 11.3 Å². The van der Waals surface area contributed by atoms with Crippen molar-refractivity contribution in [1.82, 2.24) is 24.3 Å². The first-order valence-corrected chi connectivity index (χ1v) is 11.7. The lowest BCUT2D eigenvalue weighted by molar-refractivity contribution is -0.123. The van der Waals surface area contributed by atoms with Crippen molar-refractivity contribution in [2.24, 2.45) is 13.0 Å². The number of thiazole rings is 1. The highest BCUT2D eigenvalue weighted by Gasteiger charge is 2.34. The van der Waals surface area contributed by atoms with Crippen LogP contribution in [0, 0.1) is 12.8 Å². The maximum Gasteiger partial charge on any atom is 0.341 e. The number of nitrogens with zero attached hydrogens (tertiary/aromatic N) is 6. The molecule has 5 rings (SSSR count). The largest absolute Gasteiger partial charge is 0.481 e. The Morgan fingerprint density at radius 2 is 2.06 bits per heavy atom. The van der Waals surface area contributed by atoms with E-state index in [2.05, 4.69) is 10.1 Å². The standard InChI is InChI=1S/C23H22N6O5S/c1-12-6-17(28-9-13(10-28)16(30)7-14-8-18(34-3)27(2)26-14)25-21-19(12)20(31)15(22(32)33)11-29(21)23-24-4-5-35-23/h4-6,8,11,13H,7,9-10H2,1-3H3,(H,32,33). The van der Waals surface area contributed by atoms with Gasteiger partial charge in [-0.05, 0) is 18.6 Å². The summed E-state index contributed by atoms with van der Waals surface area (Å²) in [5.74, 6) is -0.162. The summed E-state index contributed by atoms with van der Waals surface area (Å²) in [7, 11) is 3.32. The number of rotatable bonds is 7. The SMILES string of the molecule is COc1cc(CC(=O)C2CN(c3cc(C)c4c(=O)c(C(=O)O)cn(-c5nccs5)c4n3)C2)nn1C. The van der Waals surface area contributed by atoms with Crippen LogP contribution in [0.1, 0.15) is 21.6 Å². The summed E-state index contributed by atoms with van der Waals surface area (Å²) in [5, 5.41) is 16.4. The number of hydrogen-bond donors (Lipinski definition) is 1. The number of aryl methyl sites for hydroxylation is 2. The molecule has 35 heavy (non-hydrogen) atoms. The molecule has 1 N–H and O–H groups in total. The van der Waals surface area contributed by atoms with Crippen molar-refractivity contribution in [2.45, 2.75) is 13.3 Å². The lowest BCUT2D eigenvalue weighted by Crippen LogP contribution is -2.51. The van der Waals surface area contributed by atoms with Crippen LogP contribution in [-0.4, -0.2) is 61.4 Å². The van der Waals surface area contributed by atoms with Crippen molar-refractivity contribution < 1.29 is 19.4 Å². The molecule has 4 aromatic rings. The number of carbonyl (C=O) groups is 2. The first-order chi connectivity index (χ1) is 16.8. The minimum Gasteiger partial charge on any atom is -0.481 e. The molecule has 1 aliphatic heterocycles. The van der Waals surface area contributed by atoms with E-state index in [0.29, 0.717) is 46.8 Å². The number of carbonyl (C=O) groups excluding carboxylic acids is 1. The van der Waals surface area contributed by atoms with Crippen LogP contribution in [0.15, 0.2) is 34.7 Å². The third kappa shape index (κ3) is 3.95. The fourth-order valence-corrected chi connectivity index (χ4v) is 4.87. The highest BCUT2D eigenvalue weighted by molar-refractivity contribution is 7.12. The van der Waals surface area contributed by atoms with E-state index in [9.17, 15) is 19.5 Å². The van der Waals surface area contributed by atoms with Crippen molar-refractivity contribution in [3.63, 3.8) is 0 Å². The highest BCUT2D eigenvalue weighted by atomic mass is 32.1. The molecule has 1 aliphatic rings. The molecule has 0 aliphatic carbocycles. The van der Waals surface area contributed by atoms with Gasteiger partial charge in [-0.25, -0.2) is 19.4 Å². The minimum atomic E-state index is -1.31. The molecule has 11 nitrogen and oxygen atoms in total. The van der Waals surface area contributed by atoms with Crippen LogP contribution in [0.25, 0.3) is 16.2 Å². The number of methoxy groups -OCH3 is 1. The van der Waals surface area contributed by atoms with Crippen molar-refractivity contribution in [3.05, 3.63) is 57.0 Å². The number of carboxylic acid groups (broad SMARTS) is 1. The first kappa shape index (κ1) is 22.7. The predicted octanol–water partition coefficient (Wildman–Crippen LogP) is 1.84. The molecular formula is C23H22N6O5S. The summed E-state index contributed by atoms with van der Waals surface area (Å²) < 4.78 is 8.34. The lowest BCUT2D eigenvalue weighted by atomic mass is 9.92. The molecule has 4 aromatic heterocycles. The quantitative estimate of drug-likeness (QED) is 0.409. The van der Waals surface area contributed by atoms with Gasteiger partial charge >= 0.3 is 5.97 Å². The van der Waals surface area contributed by atoms with E-state index in [4.69, 9.17) is 9.72 Å². The molecule has 5 heterocycles. The smallest absolute Gasteiger partial charge is 0.341 e. The summed E-state index contributed by atoms with van der Waals surface area (Å²) in [6.07, 6.45) is 3.09. The van der Waals surface area contributed by atoms with Gasteiger partial charge in [0.1, 0.15) is 17.2 Å². The Labute approximate surface area is 203 Å². The van der Waals surface area contributed by atoms with Crippen LogP contribution in [0.2, 0.25) is 0 Å². The van der Waals surface area contributed by atoms with Gasteiger partial charge < -0.3 is 14.7 Å². The molecule has 0 saturated carbocycles. The van der Waals surface area contributed by atoms with E-state index in [1.54, 1.807) is 49.5 Å². The van der Waals surface area contributed by atoms with Crippen LogP contribution < -0.4 is 15.1 Å².